The van der Waals surface area contributed by atoms with Crippen molar-refractivity contribution in [2.45, 2.75) is 19.8 Å². The second-order valence-electron chi connectivity index (χ2n) is 1.92. The van der Waals surface area contributed by atoms with Gasteiger partial charge in [-0.2, -0.15) is 0 Å². The minimum Gasteiger partial charge on any atom is -0.351 e. The highest BCUT2D eigenvalue weighted by Crippen LogP contribution is 1.95. The second-order valence-corrected chi connectivity index (χ2v) is 1.92. The van der Waals surface area contributed by atoms with Crippen molar-refractivity contribution in [1.82, 2.24) is 4.90 Å². The molecule has 3 nitrogen and oxygen atoms in total. The van der Waals surface area contributed by atoms with E-state index >= 15 is 0 Å². The predicted molar refractivity (Wildman–Crippen MR) is 36.6 cm³/mol. The number of hydrogen-bond acceptors (Lipinski definition) is 1. The fourth-order valence-corrected chi connectivity index (χ4v) is 0.413. The molecule has 0 rings (SSSR count). The van der Waals surface area contributed by atoms with Crippen LogP contribution < -0.4 is 5.73 Å². The lowest BCUT2D eigenvalue weighted by Crippen LogP contribution is -2.29. The summed E-state index contributed by atoms with van der Waals surface area (Å²) in [6, 6.07) is -0.400. The minimum absolute atomic E-state index is 0.400. The summed E-state index contributed by atoms with van der Waals surface area (Å²) in [6.07, 6.45) is 1.94. The van der Waals surface area contributed by atoms with Crippen LogP contribution in [0, 0.1) is 6.54 Å². The van der Waals surface area contributed by atoms with Crippen molar-refractivity contribution in [3.05, 3.63) is 6.54 Å². The van der Waals surface area contributed by atoms with Gasteiger partial charge in [0.15, 0.2) is 0 Å². The maximum atomic E-state index is 10.3. The summed E-state index contributed by atoms with van der Waals surface area (Å²) in [4.78, 5) is 11.7. The number of unbranched alkanes of at least 4 members (excludes halogenated alkanes) is 1. The number of primary amides is 1. The molecule has 0 spiro atoms. The summed E-state index contributed by atoms with van der Waals surface area (Å²) in [5, 5.41) is 0. The van der Waals surface area contributed by atoms with Gasteiger partial charge in [-0.15, -0.1) is 0 Å². The van der Waals surface area contributed by atoms with Gasteiger partial charge in [0.2, 0.25) is 0 Å². The van der Waals surface area contributed by atoms with E-state index in [2.05, 4.69) is 0 Å². The fraction of sp³-hybridized carbons (Fsp3) is 0.667. The number of carbonyl (C=O) groups excluding carboxylic acids is 1. The number of nitrogens with two attached hydrogens (primary N) is 1. The van der Waals surface area contributed by atoms with Crippen molar-refractivity contribution in [3.63, 3.8) is 0 Å². The zero-order valence-electron chi connectivity index (χ0n) is 5.92. The highest BCUT2D eigenvalue weighted by Gasteiger charge is 1.99. The molecule has 2 N–H and O–H groups in total. The molecule has 0 aliphatic rings. The average molecular weight is 129 g/mol. The van der Waals surface area contributed by atoms with Crippen LogP contribution in [0.25, 0.3) is 0 Å². The van der Waals surface area contributed by atoms with E-state index in [9.17, 15) is 4.79 Å². The van der Waals surface area contributed by atoms with Gasteiger partial charge in [-0.3, -0.25) is 0 Å². The number of carbonyl (C=O) groups is 1. The third-order valence-electron chi connectivity index (χ3n) is 1.04. The first-order chi connectivity index (χ1) is 4.18. The SMILES string of the molecule is CCC[CH]N(C)C(N)=O. The lowest BCUT2D eigenvalue weighted by molar-refractivity contribution is 0.226. The van der Waals surface area contributed by atoms with Crippen molar-refractivity contribution < 1.29 is 4.79 Å². The van der Waals surface area contributed by atoms with E-state index in [0.717, 1.165) is 12.8 Å². The van der Waals surface area contributed by atoms with Gasteiger partial charge in [0, 0.05) is 7.05 Å². The maximum Gasteiger partial charge on any atom is 0.314 e. The van der Waals surface area contributed by atoms with Crippen molar-refractivity contribution >= 4 is 6.03 Å². The van der Waals surface area contributed by atoms with E-state index in [1.165, 1.54) is 4.90 Å². The third kappa shape index (κ3) is 3.82. The molecule has 0 atom stereocenters. The van der Waals surface area contributed by atoms with Crippen LogP contribution in [0.4, 0.5) is 4.79 Å². The van der Waals surface area contributed by atoms with Crippen molar-refractivity contribution in [1.29, 1.82) is 0 Å². The standard InChI is InChI=1S/C6H13N2O/c1-3-4-5-8(2)6(7)9/h5H,3-4H2,1-2H3,(H2,7,9). The van der Waals surface area contributed by atoms with Gasteiger partial charge < -0.3 is 10.6 Å². The lowest BCUT2D eigenvalue weighted by atomic mass is 10.3. The van der Waals surface area contributed by atoms with E-state index < -0.39 is 6.03 Å². The molecule has 53 valence electrons. The topological polar surface area (TPSA) is 46.3 Å². The van der Waals surface area contributed by atoms with Gasteiger partial charge in [-0.05, 0) is 6.42 Å². The third-order valence-corrected chi connectivity index (χ3v) is 1.04. The molecular weight excluding hydrogens is 116 g/mol. The fourth-order valence-electron chi connectivity index (χ4n) is 0.413. The molecule has 0 aromatic carbocycles. The molecule has 2 amide bonds. The summed E-state index contributed by atoms with van der Waals surface area (Å²) < 4.78 is 0. The molecule has 0 aromatic heterocycles. The maximum absolute atomic E-state index is 10.3. The number of urea groups is 1. The van der Waals surface area contributed by atoms with Crippen LogP contribution in [0.1, 0.15) is 19.8 Å². The molecule has 3 heteroatoms. The molecule has 9 heavy (non-hydrogen) atoms. The highest BCUT2D eigenvalue weighted by molar-refractivity contribution is 5.72. The minimum atomic E-state index is -0.400. The van der Waals surface area contributed by atoms with E-state index in [1.54, 1.807) is 13.6 Å². The van der Waals surface area contributed by atoms with E-state index in [1.807, 2.05) is 6.92 Å². The van der Waals surface area contributed by atoms with Gasteiger partial charge in [0.1, 0.15) is 0 Å². The molecule has 0 saturated heterocycles. The van der Waals surface area contributed by atoms with Crippen LogP contribution in [-0.2, 0) is 0 Å². The Morgan fingerprint density at radius 2 is 2.33 bits per heavy atom. The quantitative estimate of drug-likeness (QED) is 0.606. The Morgan fingerprint density at radius 1 is 1.78 bits per heavy atom. The largest absolute Gasteiger partial charge is 0.351 e. The molecule has 0 fully saturated rings. The van der Waals surface area contributed by atoms with Crippen LogP contribution in [0.5, 0.6) is 0 Å². The number of rotatable bonds is 3. The Balaban J connectivity index is 3.27. The van der Waals surface area contributed by atoms with E-state index in [4.69, 9.17) is 5.73 Å². The molecule has 1 radical (unpaired) electrons. The first-order valence-corrected chi connectivity index (χ1v) is 3.04. The van der Waals surface area contributed by atoms with Gasteiger partial charge in [0.25, 0.3) is 0 Å². The Hall–Kier alpha value is -0.730. The number of amides is 2. The zero-order valence-corrected chi connectivity index (χ0v) is 5.92. The van der Waals surface area contributed by atoms with Crippen LogP contribution in [0.2, 0.25) is 0 Å². The molecule has 0 aliphatic carbocycles. The van der Waals surface area contributed by atoms with E-state index in [-0.39, 0.29) is 0 Å². The van der Waals surface area contributed by atoms with Gasteiger partial charge in [0.05, 0.1) is 6.54 Å². The van der Waals surface area contributed by atoms with Crippen LogP contribution in [-0.4, -0.2) is 18.0 Å². The normalized spacial score (nSPS) is 9.11. The van der Waals surface area contributed by atoms with Crippen molar-refractivity contribution in [3.8, 4) is 0 Å². The molecule has 0 aliphatic heterocycles. The summed E-state index contributed by atoms with van der Waals surface area (Å²) in [5.41, 5.74) is 4.93. The zero-order chi connectivity index (χ0) is 7.28. The van der Waals surface area contributed by atoms with Crippen LogP contribution in [0.3, 0.4) is 0 Å². The molecule has 0 saturated carbocycles. The molecule has 0 aromatic rings. The summed E-state index contributed by atoms with van der Waals surface area (Å²) in [6.45, 7) is 3.83. The lowest BCUT2D eigenvalue weighted by Gasteiger charge is -2.11. The van der Waals surface area contributed by atoms with Gasteiger partial charge >= 0.3 is 6.03 Å². The monoisotopic (exact) mass is 129 g/mol. The molecule has 0 unspecified atom stereocenters. The Kier molecular flexibility index (Phi) is 3.84. The summed E-state index contributed by atoms with van der Waals surface area (Å²) in [7, 11) is 1.65. The molecule has 0 heterocycles. The first kappa shape index (κ1) is 8.27. The summed E-state index contributed by atoms with van der Waals surface area (Å²) in [5.74, 6) is 0. The summed E-state index contributed by atoms with van der Waals surface area (Å²) >= 11 is 0. The van der Waals surface area contributed by atoms with Crippen LogP contribution in [0.15, 0.2) is 0 Å². The van der Waals surface area contributed by atoms with E-state index in [0.29, 0.717) is 0 Å². The average Bonchev–Trinajstić information content (AvgIpc) is 1.82. The molecule has 0 bridgehead atoms. The molecular formula is C6H13N2O. The highest BCUT2D eigenvalue weighted by atomic mass is 16.2. The van der Waals surface area contributed by atoms with Crippen molar-refractivity contribution in [2.75, 3.05) is 7.05 Å². The Labute approximate surface area is 55.8 Å². The van der Waals surface area contributed by atoms with Gasteiger partial charge in [-0.25, -0.2) is 4.79 Å². The Morgan fingerprint density at radius 3 is 2.67 bits per heavy atom. The Bertz CT molecular complexity index is 93.1. The number of nitrogens with zero attached hydrogens (tertiary/aromatic N) is 1. The van der Waals surface area contributed by atoms with Crippen LogP contribution >= 0.6 is 0 Å². The second kappa shape index (κ2) is 4.18. The smallest absolute Gasteiger partial charge is 0.314 e. The van der Waals surface area contributed by atoms with Crippen molar-refractivity contribution in [2.24, 2.45) is 5.73 Å². The van der Waals surface area contributed by atoms with Gasteiger partial charge in [-0.1, -0.05) is 13.3 Å². The first-order valence-electron chi connectivity index (χ1n) is 3.04. The predicted octanol–water partition coefficient (Wildman–Crippen LogP) is 0.959. The number of hydrogen-bond donors (Lipinski definition) is 1.